The summed E-state index contributed by atoms with van der Waals surface area (Å²) in [7, 11) is -5.14. The zero-order valence-corrected chi connectivity index (χ0v) is 17.3. The number of hydrogen-bond donors (Lipinski definition) is 5. The Morgan fingerprint density at radius 2 is 1.81 bits per heavy atom. The lowest BCUT2D eigenvalue weighted by Gasteiger charge is -2.26. The van der Waals surface area contributed by atoms with Crippen LogP contribution in [0.15, 0.2) is 21.7 Å². The van der Waals surface area contributed by atoms with Gasteiger partial charge in [0.15, 0.2) is 11.5 Å². The van der Waals surface area contributed by atoms with E-state index in [9.17, 15) is 34.4 Å². The number of rotatable bonds is 7. The molecule has 0 saturated carbocycles. The smallest absolute Gasteiger partial charge is 0.349 e. The molecule has 0 bridgehead atoms. The molecular formula is C17H20N4O9P-. The van der Waals surface area contributed by atoms with E-state index in [0.29, 0.717) is 11.0 Å². The fourth-order valence-corrected chi connectivity index (χ4v) is 3.40. The molecule has 2 heterocycles. The Balaban J connectivity index is 2.06. The Bertz CT molecular complexity index is 1250. The van der Waals surface area contributed by atoms with Crippen molar-refractivity contribution in [2.75, 3.05) is 6.61 Å². The lowest BCUT2D eigenvalue weighted by atomic mass is 10.1. The number of fused-ring (bicyclic) bond motifs is 2. The Morgan fingerprint density at radius 1 is 1.16 bits per heavy atom. The third kappa shape index (κ3) is 5.05. The van der Waals surface area contributed by atoms with Gasteiger partial charge in [-0.15, -0.1) is 0 Å². The molecule has 0 aromatic heterocycles. The normalized spacial score (nSPS) is 16.9. The van der Waals surface area contributed by atoms with Gasteiger partial charge in [-0.2, -0.15) is 4.98 Å². The van der Waals surface area contributed by atoms with Gasteiger partial charge in [0.05, 0.1) is 24.2 Å². The third-order valence-corrected chi connectivity index (χ3v) is 5.27. The number of H-pyrrole nitrogens is 1. The van der Waals surface area contributed by atoms with E-state index >= 15 is 0 Å². The van der Waals surface area contributed by atoms with Crippen LogP contribution < -0.4 is 16.1 Å². The van der Waals surface area contributed by atoms with Gasteiger partial charge in [-0.25, -0.2) is 9.78 Å². The molecule has 3 rings (SSSR count). The van der Waals surface area contributed by atoms with Crippen LogP contribution in [0, 0.1) is 13.8 Å². The van der Waals surface area contributed by atoms with E-state index in [0.717, 1.165) is 11.1 Å². The quantitative estimate of drug-likeness (QED) is 0.190. The van der Waals surface area contributed by atoms with Crippen molar-refractivity contribution < 1.29 is 34.2 Å². The molecule has 5 N–H and O–H groups in total. The van der Waals surface area contributed by atoms with Crippen molar-refractivity contribution in [3.8, 4) is 11.5 Å². The van der Waals surface area contributed by atoms with Gasteiger partial charge in [0.25, 0.3) is 13.4 Å². The maximum atomic E-state index is 12.2. The second-order valence-corrected chi connectivity index (χ2v) is 8.28. The predicted molar refractivity (Wildman–Crippen MR) is 104 cm³/mol. The average molecular weight is 455 g/mol. The maximum Gasteiger partial charge on any atom is 0.349 e. The average Bonchev–Trinajstić information content (AvgIpc) is 2.67. The van der Waals surface area contributed by atoms with Crippen molar-refractivity contribution in [3.05, 3.63) is 44.1 Å². The molecule has 0 amide bonds. The van der Waals surface area contributed by atoms with Crippen molar-refractivity contribution >= 4 is 18.9 Å². The molecule has 14 heteroatoms. The number of aromatic amines is 1. The minimum atomic E-state index is -5.14. The predicted octanol–water partition coefficient (Wildman–Crippen LogP) is -2.24. The van der Waals surface area contributed by atoms with Crippen molar-refractivity contribution in [3.63, 3.8) is 0 Å². The number of nitrogens with one attached hydrogen (secondary N) is 1. The van der Waals surface area contributed by atoms with Gasteiger partial charge >= 0.3 is 5.69 Å². The van der Waals surface area contributed by atoms with Gasteiger partial charge < -0.3 is 34.2 Å². The van der Waals surface area contributed by atoms with Crippen LogP contribution in [0.4, 0.5) is 0 Å². The first-order valence-electron chi connectivity index (χ1n) is 9.01. The van der Waals surface area contributed by atoms with Crippen LogP contribution in [-0.4, -0.2) is 64.7 Å². The van der Waals surface area contributed by atoms with Crippen LogP contribution in [-0.2, 0) is 15.6 Å². The topological polar surface area (TPSA) is 211 Å². The molecule has 31 heavy (non-hydrogen) atoms. The summed E-state index contributed by atoms with van der Waals surface area (Å²) >= 11 is 0. The van der Waals surface area contributed by atoms with E-state index in [1.165, 1.54) is 4.57 Å². The highest BCUT2D eigenvalue weighted by molar-refractivity contribution is 7.44. The van der Waals surface area contributed by atoms with E-state index in [1.807, 2.05) is 18.8 Å². The molecule has 1 aromatic rings. The molecule has 0 spiro atoms. The summed E-state index contributed by atoms with van der Waals surface area (Å²) in [4.78, 5) is 53.3. The zero-order valence-electron chi connectivity index (χ0n) is 16.4. The Morgan fingerprint density at radius 3 is 2.45 bits per heavy atom. The van der Waals surface area contributed by atoms with Crippen molar-refractivity contribution in [1.29, 1.82) is 0 Å². The number of nitrogens with zero attached hydrogens (tertiary/aromatic N) is 3. The second-order valence-electron chi connectivity index (χ2n) is 7.08. The van der Waals surface area contributed by atoms with E-state index in [2.05, 4.69) is 14.5 Å². The van der Waals surface area contributed by atoms with E-state index in [4.69, 9.17) is 4.89 Å². The van der Waals surface area contributed by atoms with Crippen LogP contribution in [0.3, 0.4) is 0 Å². The molecule has 2 aliphatic heterocycles. The van der Waals surface area contributed by atoms with Gasteiger partial charge in [-0.1, -0.05) is 0 Å². The van der Waals surface area contributed by atoms with Crippen LogP contribution in [0.5, 0.6) is 0 Å². The first kappa shape index (κ1) is 23.2. The summed E-state index contributed by atoms with van der Waals surface area (Å²) in [6, 6.07) is 3.40. The number of aryl methyl sites for hydroxylation is 2. The van der Waals surface area contributed by atoms with Crippen molar-refractivity contribution in [1.82, 2.24) is 19.5 Å². The van der Waals surface area contributed by atoms with Crippen LogP contribution in [0.2, 0.25) is 0 Å². The lowest BCUT2D eigenvalue weighted by Crippen LogP contribution is -2.42. The molecule has 0 saturated heterocycles. The Kier molecular flexibility index (Phi) is 6.39. The van der Waals surface area contributed by atoms with E-state index in [-0.39, 0.29) is 11.5 Å². The molecule has 0 aliphatic carbocycles. The minimum absolute atomic E-state index is 0.152. The standard InChI is InChI=1S/C17H21N4O9P/c1-7-3-9-10(4-8(7)2)21(15-13(18-9)16(25)20-17(26)19-15)5-11(22)14(24)12(23)6-30-31(27,28)29/h3-4,11-12,14,22-24H,5-6H2,1-2H3,(H,20,25,26)(H2,27,28,29)/p-1. The van der Waals surface area contributed by atoms with E-state index in [1.54, 1.807) is 12.1 Å². The third-order valence-electron chi connectivity index (χ3n) is 4.79. The molecule has 0 radical (unpaired) electrons. The minimum Gasteiger partial charge on any atom is -0.756 e. The number of hydrogen-bond acceptors (Lipinski definition) is 10. The molecule has 13 nitrogen and oxygen atoms in total. The summed E-state index contributed by atoms with van der Waals surface area (Å²) in [5.74, 6) is -0.152. The fraction of sp³-hybridized carbons (Fsp3) is 0.412. The summed E-state index contributed by atoms with van der Waals surface area (Å²) in [5, 5.41) is 30.5. The van der Waals surface area contributed by atoms with Gasteiger partial charge in [-0.3, -0.25) is 14.3 Å². The van der Waals surface area contributed by atoms with Gasteiger partial charge in [0.1, 0.15) is 18.3 Å². The van der Waals surface area contributed by atoms with Gasteiger partial charge in [0.2, 0.25) is 0 Å². The lowest BCUT2D eigenvalue weighted by molar-refractivity contribution is -0.223. The molecule has 4 atom stereocenters. The van der Waals surface area contributed by atoms with Crippen LogP contribution in [0.1, 0.15) is 11.1 Å². The Hall–Kier alpha value is -2.51. The number of phosphoric ester groups is 1. The number of phosphoric acid groups is 1. The molecule has 1 aromatic carbocycles. The summed E-state index contributed by atoms with van der Waals surface area (Å²) in [6.07, 6.45) is -5.49. The molecular weight excluding hydrogens is 435 g/mol. The van der Waals surface area contributed by atoms with Crippen LogP contribution in [0.25, 0.3) is 22.6 Å². The SMILES string of the molecule is Cc1cc2nc3c(=O)[nH]c(=O)nc-3n(CC(O)C(O)C(O)COP(=O)([O-])O)c2cc1C. The highest BCUT2D eigenvalue weighted by Crippen LogP contribution is 2.30. The maximum absolute atomic E-state index is 12.2. The largest absolute Gasteiger partial charge is 0.756 e. The number of aliphatic hydroxyl groups is 3. The molecule has 4 unspecified atom stereocenters. The first-order valence-corrected chi connectivity index (χ1v) is 10.5. The highest BCUT2D eigenvalue weighted by Gasteiger charge is 2.28. The van der Waals surface area contributed by atoms with Crippen molar-refractivity contribution in [2.24, 2.45) is 0 Å². The van der Waals surface area contributed by atoms with Crippen LogP contribution >= 0.6 is 7.82 Å². The van der Waals surface area contributed by atoms with Gasteiger partial charge in [0, 0.05) is 0 Å². The second kappa shape index (κ2) is 8.55. The summed E-state index contributed by atoms with van der Waals surface area (Å²) < 4.78 is 16.0. The number of aromatic nitrogens is 4. The highest BCUT2D eigenvalue weighted by atomic mass is 31.2. The molecule has 168 valence electrons. The number of aliphatic hydroxyl groups excluding tert-OH is 3. The first-order chi connectivity index (χ1) is 14.4. The zero-order chi connectivity index (χ0) is 23.1. The van der Waals surface area contributed by atoms with Gasteiger partial charge in [-0.05, 0) is 37.1 Å². The monoisotopic (exact) mass is 455 g/mol. The molecule has 0 fully saturated rings. The number of benzene rings is 1. The summed E-state index contributed by atoms with van der Waals surface area (Å²) in [6.45, 7) is 2.20. The molecule has 2 aliphatic rings. The van der Waals surface area contributed by atoms with E-state index < -0.39 is 50.5 Å². The summed E-state index contributed by atoms with van der Waals surface area (Å²) in [5.41, 5.74) is 0.565. The van der Waals surface area contributed by atoms with Crippen molar-refractivity contribution in [2.45, 2.75) is 38.7 Å². The fourth-order valence-electron chi connectivity index (χ4n) is 3.06. The Labute approximate surface area is 174 Å².